The van der Waals surface area contributed by atoms with Crippen molar-refractivity contribution in [2.45, 2.75) is 13.5 Å². The van der Waals surface area contributed by atoms with E-state index in [0.717, 1.165) is 5.56 Å². The molecule has 0 unspecified atom stereocenters. The number of carbonyl (C=O) groups excluding carboxylic acids is 1. The highest BCUT2D eigenvalue weighted by Crippen LogP contribution is 2.02. The lowest BCUT2D eigenvalue weighted by Gasteiger charge is -2.02. The van der Waals surface area contributed by atoms with Crippen LogP contribution >= 0.6 is 0 Å². The van der Waals surface area contributed by atoms with Gasteiger partial charge in [-0.3, -0.25) is 4.79 Å². The Morgan fingerprint density at radius 2 is 2.38 bits per heavy atom. The van der Waals surface area contributed by atoms with E-state index in [0.29, 0.717) is 12.4 Å². The molecule has 70 valence electrons. The summed E-state index contributed by atoms with van der Waals surface area (Å²) in [5, 5.41) is 2.67. The molecule has 0 aliphatic carbocycles. The highest BCUT2D eigenvalue weighted by Gasteiger charge is 1.95. The van der Waals surface area contributed by atoms with Gasteiger partial charge in [0.05, 0.1) is 0 Å². The van der Waals surface area contributed by atoms with Crippen LogP contribution in [0.5, 0.6) is 0 Å². The van der Waals surface area contributed by atoms with Crippen LogP contribution in [0.1, 0.15) is 12.5 Å². The van der Waals surface area contributed by atoms with E-state index < -0.39 is 0 Å². The smallest absolute Gasteiger partial charge is 0.217 e. The molecule has 1 aromatic rings. The molecule has 1 rings (SSSR count). The number of nitrogen functional groups attached to an aromatic ring is 1. The Kier molecular flexibility index (Phi) is 3.22. The minimum Gasteiger partial charge on any atom is -0.352 e. The molecule has 0 bridgehead atoms. The maximum atomic E-state index is 10.6. The Morgan fingerprint density at radius 3 is 2.85 bits per heavy atom. The largest absolute Gasteiger partial charge is 0.352 e. The number of rotatable bonds is 3. The molecule has 13 heavy (non-hydrogen) atoms. The summed E-state index contributed by atoms with van der Waals surface area (Å²) in [7, 11) is 0. The Labute approximate surface area is 76.3 Å². The van der Waals surface area contributed by atoms with Crippen molar-refractivity contribution in [2.75, 3.05) is 5.43 Å². The van der Waals surface area contributed by atoms with Gasteiger partial charge in [0.15, 0.2) is 0 Å². The number of hydrogen-bond acceptors (Lipinski definition) is 4. The summed E-state index contributed by atoms with van der Waals surface area (Å²) in [6.07, 6.45) is 1.66. The third kappa shape index (κ3) is 3.08. The van der Waals surface area contributed by atoms with Crippen LogP contribution in [-0.4, -0.2) is 10.9 Å². The zero-order valence-electron chi connectivity index (χ0n) is 7.37. The van der Waals surface area contributed by atoms with E-state index >= 15 is 0 Å². The van der Waals surface area contributed by atoms with Crippen LogP contribution in [0.4, 0.5) is 5.82 Å². The fraction of sp³-hybridized carbons (Fsp3) is 0.250. The predicted octanol–water partition coefficient (Wildman–Crippen LogP) is 0.00330. The highest BCUT2D eigenvalue weighted by atomic mass is 16.1. The standard InChI is InChI=1S/C8H12N4O/c1-6(13)10-4-7-2-3-8(12-9)11-5-7/h2-3,5H,4,9H2,1H3,(H,10,13)(H,11,12). The zero-order valence-corrected chi connectivity index (χ0v) is 7.37. The first kappa shape index (κ1) is 9.47. The van der Waals surface area contributed by atoms with Gasteiger partial charge in [0.2, 0.25) is 5.91 Å². The van der Waals surface area contributed by atoms with E-state index in [1.807, 2.05) is 6.07 Å². The molecule has 0 aromatic carbocycles. The Bertz CT molecular complexity index is 283. The molecule has 0 aliphatic heterocycles. The molecule has 0 spiro atoms. The Hall–Kier alpha value is -1.62. The molecule has 5 heteroatoms. The molecule has 0 radical (unpaired) electrons. The Morgan fingerprint density at radius 1 is 1.62 bits per heavy atom. The molecule has 5 nitrogen and oxygen atoms in total. The summed E-state index contributed by atoms with van der Waals surface area (Å²) < 4.78 is 0. The summed E-state index contributed by atoms with van der Waals surface area (Å²) in [5.74, 6) is 5.69. The molecule has 0 fully saturated rings. The number of nitrogens with two attached hydrogens (primary N) is 1. The summed E-state index contributed by atoms with van der Waals surface area (Å²) in [6, 6.07) is 3.59. The van der Waals surface area contributed by atoms with E-state index in [2.05, 4.69) is 15.7 Å². The normalized spacial score (nSPS) is 9.38. The van der Waals surface area contributed by atoms with Gasteiger partial charge in [0.1, 0.15) is 5.82 Å². The van der Waals surface area contributed by atoms with Crippen molar-refractivity contribution in [3.63, 3.8) is 0 Å². The summed E-state index contributed by atoms with van der Waals surface area (Å²) >= 11 is 0. The van der Waals surface area contributed by atoms with Gasteiger partial charge < -0.3 is 10.7 Å². The second kappa shape index (κ2) is 4.42. The average Bonchev–Trinajstić information content (AvgIpc) is 2.15. The molecule has 0 atom stereocenters. The minimum atomic E-state index is -0.0546. The fourth-order valence-electron chi connectivity index (χ4n) is 0.841. The van der Waals surface area contributed by atoms with Gasteiger partial charge in [-0.05, 0) is 11.6 Å². The van der Waals surface area contributed by atoms with E-state index in [4.69, 9.17) is 5.84 Å². The number of nitrogens with zero attached hydrogens (tertiary/aromatic N) is 1. The monoisotopic (exact) mass is 180 g/mol. The van der Waals surface area contributed by atoms with Crippen molar-refractivity contribution in [3.05, 3.63) is 23.9 Å². The van der Waals surface area contributed by atoms with Crippen LogP contribution in [0.3, 0.4) is 0 Å². The van der Waals surface area contributed by atoms with Crippen LogP contribution in [0, 0.1) is 0 Å². The molecule has 1 amide bonds. The lowest BCUT2D eigenvalue weighted by Crippen LogP contribution is -2.19. The molecule has 1 aromatic heterocycles. The van der Waals surface area contributed by atoms with Crippen molar-refractivity contribution in [1.82, 2.24) is 10.3 Å². The first-order valence-corrected chi connectivity index (χ1v) is 3.88. The van der Waals surface area contributed by atoms with Crippen LogP contribution in [0.15, 0.2) is 18.3 Å². The van der Waals surface area contributed by atoms with Crippen LogP contribution in [0.25, 0.3) is 0 Å². The average molecular weight is 180 g/mol. The lowest BCUT2D eigenvalue weighted by atomic mass is 10.3. The first-order valence-electron chi connectivity index (χ1n) is 3.88. The van der Waals surface area contributed by atoms with Crippen LogP contribution in [0.2, 0.25) is 0 Å². The van der Waals surface area contributed by atoms with Crippen molar-refractivity contribution < 1.29 is 4.79 Å². The number of carbonyl (C=O) groups is 1. The fourth-order valence-corrected chi connectivity index (χ4v) is 0.841. The summed E-state index contributed by atoms with van der Waals surface area (Å²) in [5.41, 5.74) is 3.36. The summed E-state index contributed by atoms with van der Waals surface area (Å²) in [4.78, 5) is 14.6. The molecule has 4 N–H and O–H groups in total. The second-order valence-electron chi connectivity index (χ2n) is 2.61. The predicted molar refractivity (Wildman–Crippen MR) is 49.6 cm³/mol. The van der Waals surface area contributed by atoms with Gasteiger partial charge in [-0.15, -0.1) is 0 Å². The van der Waals surface area contributed by atoms with Crippen LogP contribution < -0.4 is 16.6 Å². The van der Waals surface area contributed by atoms with E-state index in [1.165, 1.54) is 6.92 Å². The third-order valence-corrected chi connectivity index (χ3v) is 1.51. The second-order valence-corrected chi connectivity index (χ2v) is 2.61. The quantitative estimate of drug-likeness (QED) is 0.452. The topological polar surface area (TPSA) is 80.0 Å². The van der Waals surface area contributed by atoms with Crippen molar-refractivity contribution in [1.29, 1.82) is 0 Å². The zero-order chi connectivity index (χ0) is 9.68. The van der Waals surface area contributed by atoms with Crippen molar-refractivity contribution in [2.24, 2.45) is 5.84 Å². The summed E-state index contributed by atoms with van der Waals surface area (Å²) in [6.45, 7) is 1.97. The van der Waals surface area contributed by atoms with Crippen molar-refractivity contribution >= 4 is 11.7 Å². The number of aromatic nitrogens is 1. The van der Waals surface area contributed by atoms with Crippen molar-refractivity contribution in [3.8, 4) is 0 Å². The van der Waals surface area contributed by atoms with E-state index in [9.17, 15) is 4.79 Å². The number of nitrogens with one attached hydrogen (secondary N) is 2. The number of hydrogen-bond donors (Lipinski definition) is 3. The number of anilines is 1. The maximum absolute atomic E-state index is 10.6. The molecular formula is C8H12N4O. The minimum absolute atomic E-state index is 0.0546. The first-order chi connectivity index (χ1) is 6.22. The van der Waals surface area contributed by atoms with Gasteiger partial charge in [-0.1, -0.05) is 6.07 Å². The van der Waals surface area contributed by atoms with Gasteiger partial charge in [-0.2, -0.15) is 0 Å². The van der Waals surface area contributed by atoms with Gasteiger partial charge in [-0.25, -0.2) is 10.8 Å². The lowest BCUT2D eigenvalue weighted by molar-refractivity contribution is -0.119. The highest BCUT2D eigenvalue weighted by molar-refractivity contribution is 5.72. The molecule has 0 saturated carbocycles. The van der Waals surface area contributed by atoms with Crippen LogP contribution in [-0.2, 0) is 11.3 Å². The SMILES string of the molecule is CC(=O)NCc1ccc(NN)nc1. The number of amides is 1. The van der Waals surface area contributed by atoms with Gasteiger partial charge >= 0.3 is 0 Å². The Balaban J connectivity index is 2.54. The molecular weight excluding hydrogens is 168 g/mol. The number of hydrazine groups is 1. The van der Waals surface area contributed by atoms with E-state index in [-0.39, 0.29) is 5.91 Å². The number of pyridine rings is 1. The van der Waals surface area contributed by atoms with Gasteiger partial charge in [0.25, 0.3) is 0 Å². The third-order valence-electron chi connectivity index (χ3n) is 1.51. The molecule has 0 saturated heterocycles. The van der Waals surface area contributed by atoms with Gasteiger partial charge in [0, 0.05) is 19.7 Å². The maximum Gasteiger partial charge on any atom is 0.217 e. The molecule has 0 aliphatic rings. The molecule has 1 heterocycles. The van der Waals surface area contributed by atoms with E-state index in [1.54, 1.807) is 12.3 Å².